The van der Waals surface area contributed by atoms with E-state index in [1.54, 1.807) is 6.07 Å². The summed E-state index contributed by atoms with van der Waals surface area (Å²) in [5.74, 6) is 0. The highest BCUT2D eigenvalue weighted by Crippen LogP contribution is 2.38. The molecule has 1 aromatic rings. The smallest absolute Gasteiger partial charge is 0.382 e. The summed E-state index contributed by atoms with van der Waals surface area (Å²) in [6.07, 6.45) is -2.67. The second-order valence-electron chi connectivity index (χ2n) is 3.92. The van der Waals surface area contributed by atoms with Crippen LogP contribution in [0.5, 0.6) is 0 Å². The van der Waals surface area contributed by atoms with Gasteiger partial charge in [-0.3, -0.25) is 0 Å². The zero-order valence-corrected chi connectivity index (χ0v) is 8.36. The third-order valence-corrected chi connectivity index (χ3v) is 2.69. The summed E-state index contributed by atoms with van der Waals surface area (Å²) in [6.45, 7) is 1.90. The largest absolute Gasteiger partial charge is 0.418 e. The van der Waals surface area contributed by atoms with E-state index in [9.17, 15) is 13.2 Å². The maximum absolute atomic E-state index is 12.7. The van der Waals surface area contributed by atoms with Gasteiger partial charge in [-0.2, -0.15) is 13.2 Å². The van der Waals surface area contributed by atoms with E-state index in [1.165, 1.54) is 6.07 Å². The topological polar surface area (TPSA) is 12.0 Å². The molecule has 1 unspecified atom stereocenters. The third kappa shape index (κ3) is 1.94. The lowest BCUT2D eigenvalue weighted by Gasteiger charge is -2.27. The summed E-state index contributed by atoms with van der Waals surface area (Å²) in [5, 5.41) is 2.91. The zero-order chi connectivity index (χ0) is 11.1. The molecule has 1 N–H and O–H groups in total. The van der Waals surface area contributed by atoms with Crippen LogP contribution in [-0.4, -0.2) is 6.04 Å². The van der Waals surface area contributed by atoms with E-state index in [1.807, 2.05) is 6.92 Å². The Morgan fingerprint density at radius 2 is 2.07 bits per heavy atom. The molecule has 0 saturated carbocycles. The predicted molar refractivity (Wildman–Crippen MR) is 52.8 cm³/mol. The molecule has 0 spiro atoms. The Hall–Kier alpha value is -1.19. The van der Waals surface area contributed by atoms with Crippen molar-refractivity contribution in [2.75, 3.05) is 5.32 Å². The minimum atomic E-state index is -4.27. The van der Waals surface area contributed by atoms with Gasteiger partial charge in [0.1, 0.15) is 0 Å². The first-order valence-corrected chi connectivity index (χ1v) is 4.94. The lowest BCUT2D eigenvalue weighted by Crippen LogP contribution is -2.24. The lowest BCUT2D eigenvalue weighted by atomic mass is 9.96. The SMILES string of the molecule is CC1CCc2cccc(C(F)(F)F)c2N1. The van der Waals surface area contributed by atoms with E-state index in [0.29, 0.717) is 6.42 Å². The van der Waals surface area contributed by atoms with Crippen molar-refractivity contribution in [2.45, 2.75) is 32.0 Å². The minimum absolute atomic E-state index is 0.112. The summed E-state index contributed by atoms with van der Waals surface area (Å²) in [5.41, 5.74) is 0.484. The van der Waals surface area contributed by atoms with E-state index in [4.69, 9.17) is 0 Å². The van der Waals surface area contributed by atoms with Crippen molar-refractivity contribution in [3.8, 4) is 0 Å². The number of aryl methyl sites for hydroxylation is 1. The molecule has 1 aliphatic rings. The molecular weight excluding hydrogens is 203 g/mol. The van der Waals surface area contributed by atoms with Crippen molar-refractivity contribution in [1.82, 2.24) is 0 Å². The fourth-order valence-electron chi connectivity index (χ4n) is 1.91. The van der Waals surface area contributed by atoms with Crippen molar-refractivity contribution in [3.63, 3.8) is 0 Å². The van der Waals surface area contributed by atoms with Crippen LogP contribution in [0.15, 0.2) is 18.2 Å². The number of hydrogen-bond acceptors (Lipinski definition) is 1. The minimum Gasteiger partial charge on any atom is -0.382 e. The van der Waals surface area contributed by atoms with Crippen LogP contribution in [0.2, 0.25) is 0 Å². The van der Waals surface area contributed by atoms with Gasteiger partial charge in [0.2, 0.25) is 0 Å². The van der Waals surface area contributed by atoms with Crippen LogP contribution in [0.4, 0.5) is 18.9 Å². The number of alkyl halides is 3. The third-order valence-electron chi connectivity index (χ3n) is 2.69. The Labute approximate surface area is 86.3 Å². The van der Waals surface area contributed by atoms with Crippen LogP contribution >= 0.6 is 0 Å². The average Bonchev–Trinajstić information content (AvgIpc) is 2.15. The van der Waals surface area contributed by atoms with Crippen LogP contribution in [0.25, 0.3) is 0 Å². The quantitative estimate of drug-likeness (QED) is 0.698. The van der Waals surface area contributed by atoms with Crippen LogP contribution in [0, 0.1) is 0 Å². The average molecular weight is 215 g/mol. The molecule has 0 aliphatic carbocycles. The van der Waals surface area contributed by atoms with Gasteiger partial charge in [-0.25, -0.2) is 0 Å². The summed E-state index contributed by atoms with van der Waals surface area (Å²) in [7, 11) is 0. The highest BCUT2D eigenvalue weighted by Gasteiger charge is 2.35. The van der Waals surface area contributed by atoms with Crippen LogP contribution < -0.4 is 5.32 Å². The Kier molecular flexibility index (Phi) is 2.37. The van der Waals surface area contributed by atoms with Crippen molar-refractivity contribution in [2.24, 2.45) is 0 Å². The van der Waals surface area contributed by atoms with Crippen LogP contribution in [-0.2, 0) is 12.6 Å². The predicted octanol–water partition coefficient (Wildman–Crippen LogP) is 3.45. The lowest BCUT2D eigenvalue weighted by molar-refractivity contribution is -0.137. The van der Waals surface area contributed by atoms with Gasteiger partial charge in [0, 0.05) is 11.7 Å². The second kappa shape index (κ2) is 3.43. The normalized spacial score (nSPS) is 20.7. The molecular formula is C11H12F3N. The van der Waals surface area contributed by atoms with Gasteiger partial charge in [0.05, 0.1) is 5.56 Å². The van der Waals surface area contributed by atoms with E-state index in [-0.39, 0.29) is 11.7 Å². The molecule has 0 aromatic heterocycles. The number of benzene rings is 1. The van der Waals surface area contributed by atoms with Gasteiger partial charge < -0.3 is 5.32 Å². The number of para-hydroxylation sites is 1. The van der Waals surface area contributed by atoms with Crippen molar-refractivity contribution in [1.29, 1.82) is 0 Å². The fourth-order valence-corrected chi connectivity index (χ4v) is 1.91. The van der Waals surface area contributed by atoms with Crippen molar-refractivity contribution >= 4 is 5.69 Å². The Morgan fingerprint density at radius 3 is 2.73 bits per heavy atom. The Balaban J connectivity index is 2.49. The van der Waals surface area contributed by atoms with Gasteiger partial charge in [0.15, 0.2) is 0 Å². The number of nitrogens with one attached hydrogen (secondary N) is 1. The molecule has 0 amide bonds. The molecule has 1 aliphatic heterocycles. The second-order valence-corrected chi connectivity index (χ2v) is 3.92. The molecule has 1 heterocycles. The van der Waals surface area contributed by atoms with E-state index in [2.05, 4.69) is 5.32 Å². The van der Waals surface area contributed by atoms with Gasteiger partial charge in [0.25, 0.3) is 0 Å². The molecule has 2 rings (SSSR count). The van der Waals surface area contributed by atoms with E-state index >= 15 is 0 Å². The molecule has 0 saturated heterocycles. The number of rotatable bonds is 0. The highest BCUT2D eigenvalue weighted by atomic mass is 19.4. The molecule has 1 atom stereocenters. The van der Waals surface area contributed by atoms with Gasteiger partial charge in [-0.1, -0.05) is 12.1 Å². The van der Waals surface area contributed by atoms with Gasteiger partial charge >= 0.3 is 6.18 Å². The van der Waals surface area contributed by atoms with Crippen LogP contribution in [0.3, 0.4) is 0 Å². The number of anilines is 1. The van der Waals surface area contributed by atoms with Gasteiger partial charge in [-0.05, 0) is 31.4 Å². The van der Waals surface area contributed by atoms with Gasteiger partial charge in [-0.15, -0.1) is 0 Å². The first-order chi connectivity index (χ1) is 6.98. The maximum atomic E-state index is 12.7. The number of hydrogen-bond donors (Lipinski definition) is 1. The van der Waals surface area contributed by atoms with Crippen LogP contribution in [0.1, 0.15) is 24.5 Å². The first kappa shape index (κ1) is 10.3. The summed E-state index contributed by atoms with van der Waals surface area (Å²) in [4.78, 5) is 0. The molecule has 82 valence electrons. The number of fused-ring (bicyclic) bond motifs is 1. The monoisotopic (exact) mass is 215 g/mol. The maximum Gasteiger partial charge on any atom is 0.418 e. The Bertz CT molecular complexity index is 371. The molecule has 0 bridgehead atoms. The van der Waals surface area contributed by atoms with E-state index < -0.39 is 11.7 Å². The highest BCUT2D eigenvalue weighted by molar-refractivity contribution is 5.60. The Morgan fingerprint density at radius 1 is 1.33 bits per heavy atom. The summed E-state index contributed by atoms with van der Waals surface area (Å²) >= 11 is 0. The molecule has 0 fully saturated rings. The zero-order valence-electron chi connectivity index (χ0n) is 8.36. The fraction of sp³-hybridized carbons (Fsp3) is 0.455. The molecule has 1 nitrogen and oxygen atoms in total. The molecule has 4 heteroatoms. The molecule has 0 radical (unpaired) electrons. The standard InChI is InChI=1S/C11H12F3N/c1-7-5-6-8-3-2-4-9(10(8)15-7)11(12,13)14/h2-4,7,15H,5-6H2,1H3. The van der Waals surface area contributed by atoms with Crippen molar-refractivity contribution < 1.29 is 13.2 Å². The summed E-state index contributed by atoms with van der Waals surface area (Å²) < 4.78 is 38.0. The molecule has 1 aromatic carbocycles. The molecule has 15 heavy (non-hydrogen) atoms. The number of halogens is 3. The summed E-state index contributed by atoms with van der Waals surface area (Å²) in [6, 6.07) is 4.47. The first-order valence-electron chi connectivity index (χ1n) is 4.94. The van der Waals surface area contributed by atoms with Crippen molar-refractivity contribution in [3.05, 3.63) is 29.3 Å². The van der Waals surface area contributed by atoms with E-state index in [0.717, 1.165) is 18.1 Å².